The minimum Gasteiger partial charge on any atom is -0.407 e. The normalized spacial score (nSPS) is 16.3. The summed E-state index contributed by atoms with van der Waals surface area (Å²) in [5.74, 6) is 0. The van der Waals surface area contributed by atoms with Gasteiger partial charge >= 0.3 is 0 Å². The number of rotatable bonds is 4. The molecule has 0 saturated carbocycles. The summed E-state index contributed by atoms with van der Waals surface area (Å²) in [6.45, 7) is 18.6. The van der Waals surface area contributed by atoms with E-state index in [9.17, 15) is 4.79 Å². The number of hydrogen-bond acceptors (Lipinski definition) is 2. The molecule has 0 unspecified atom stereocenters. The Hall–Kier alpha value is -0.153. The molecule has 0 aliphatic heterocycles. The number of hydrogen-bond donors (Lipinski definition) is 0. The third kappa shape index (κ3) is 4.07. The molecule has 2 nitrogen and oxygen atoms in total. The minimum atomic E-state index is -1.87. The molecular formula is C12H25O2Si. The van der Waals surface area contributed by atoms with Crippen LogP contribution in [0.25, 0.3) is 0 Å². The van der Waals surface area contributed by atoms with E-state index in [1.54, 1.807) is 0 Å². The van der Waals surface area contributed by atoms with E-state index in [1.165, 1.54) is 0 Å². The zero-order valence-electron chi connectivity index (χ0n) is 11.2. The molecule has 0 rings (SSSR count). The minimum absolute atomic E-state index is 0.125. The first-order chi connectivity index (χ1) is 6.42. The van der Waals surface area contributed by atoms with Gasteiger partial charge in [-0.2, -0.15) is 0 Å². The maximum absolute atomic E-state index is 11.0. The average molecular weight is 229 g/mol. The fourth-order valence-electron chi connectivity index (χ4n) is 0.866. The zero-order chi connectivity index (χ0) is 12.5. The lowest BCUT2D eigenvalue weighted by Gasteiger charge is -2.41. The third-order valence-corrected chi connectivity index (χ3v) is 7.58. The van der Waals surface area contributed by atoms with Gasteiger partial charge in [-0.3, -0.25) is 0 Å². The van der Waals surface area contributed by atoms with Crippen molar-refractivity contribution < 1.29 is 9.22 Å². The van der Waals surface area contributed by atoms with Crippen LogP contribution in [0.2, 0.25) is 18.1 Å². The van der Waals surface area contributed by atoms with E-state index in [2.05, 4.69) is 40.8 Å². The highest BCUT2D eigenvalue weighted by atomic mass is 28.4. The molecule has 1 atom stereocenters. The second kappa shape index (κ2) is 4.38. The van der Waals surface area contributed by atoms with Crippen molar-refractivity contribution in [2.45, 2.75) is 58.9 Å². The largest absolute Gasteiger partial charge is 0.407 e. The summed E-state index contributed by atoms with van der Waals surface area (Å²) in [5, 5.41) is 0.125. The molecule has 0 N–H and O–H groups in total. The molecule has 0 aliphatic rings. The van der Waals surface area contributed by atoms with Crippen molar-refractivity contribution in [1.29, 1.82) is 0 Å². The van der Waals surface area contributed by atoms with E-state index in [0.717, 1.165) is 6.29 Å². The standard InChI is InChI=1S/C12H25O2Si/c1-11(2,3)10(9-13)14-15(7,8)12(4,5)6/h9-10H,1H2,2-8H3/t10-/m0/s1. The Kier molecular flexibility index (Phi) is 4.33. The number of carbonyl (C=O) groups is 1. The molecule has 0 heterocycles. The van der Waals surface area contributed by atoms with Gasteiger partial charge in [0.05, 0.1) is 0 Å². The molecule has 0 amide bonds. The van der Waals surface area contributed by atoms with Gasteiger partial charge in [0.1, 0.15) is 12.4 Å². The van der Waals surface area contributed by atoms with Gasteiger partial charge in [0.2, 0.25) is 0 Å². The second-order valence-corrected chi connectivity index (χ2v) is 11.2. The molecule has 0 bridgehead atoms. The Morgan fingerprint density at radius 1 is 1.20 bits per heavy atom. The summed E-state index contributed by atoms with van der Waals surface area (Å²) in [7, 11) is -1.87. The van der Waals surface area contributed by atoms with Crippen molar-refractivity contribution in [2.75, 3.05) is 0 Å². The second-order valence-electron chi connectivity index (χ2n) is 6.42. The highest BCUT2D eigenvalue weighted by molar-refractivity contribution is 6.74. The fourth-order valence-corrected chi connectivity index (χ4v) is 2.23. The van der Waals surface area contributed by atoms with Gasteiger partial charge in [-0.1, -0.05) is 34.6 Å². The smallest absolute Gasteiger partial charge is 0.193 e. The fraction of sp³-hybridized carbons (Fsp3) is 0.833. The lowest BCUT2D eigenvalue weighted by Crippen LogP contribution is -2.47. The average Bonchev–Trinajstić information content (AvgIpc) is 1.95. The zero-order valence-corrected chi connectivity index (χ0v) is 12.2. The topological polar surface area (TPSA) is 26.3 Å². The van der Waals surface area contributed by atoms with E-state index >= 15 is 0 Å². The first kappa shape index (κ1) is 14.8. The molecule has 1 radical (unpaired) electrons. The Labute approximate surface area is 95.5 Å². The van der Waals surface area contributed by atoms with Gasteiger partial charge in [-0.05, 0) is 30.5 Å². The molecule has 3 heteroatoms. The van der Waals surface area contributed by atoms with Gasteiger partial charge in [0.15, 0.2) is 8.32 Å². The molecule has 0 aromatic carbocycles. The lowest BCUT2D eigenvalue weighted by molar-refractivity contribution is -0.117. The summed E-state index contributed by atoms with van der Waals surface area (Å²) >= 11 is 0. The molecule has 89 valence electrons. The molecule has 0 aromatic heterocycles. The van der Waals surface area contributed by atoms with Crippen LogP contribution >= 0.6 is 0 Å². The van der Waals surface area contributed by atoms with Crippen LogP contribution < -0.4 is 0 Å². The van der Waals surface area contributed by atoms with Gasteiger partial charge in [0.25, 0.3) is 0 Å². The van der Waals surface area contributed by atoms with Crippen molar-refractivity contribution in [3.63, 3.8) is 0 Å². The Morgan fingerprint density at radius 2 is 1.60 bits per heavy atom. The third-order valence-electron chi connectivity index (χ3n) is 3.12. The molecule has 0 spiro atoms. The summed E-state index contributed by atoms with van der Waals surface area (Å²) in [6.07, 6.45) is 0.478. The van der Waals surface area contributed by atoms with E-state index in [1.807, 2.05) is 13.8 Å². The van der Waals surface area contributed by atoms with Gasteiger partial charge in [-0.25, -0.2) is 0 Å². The molecule has 15 heavy (non-hydrogen) atoms. The highest BCUT2D eigenvalue weighted by Crippen LogP contribution is 2.39. The SMILES string of the molecule is [CH2]C(C)(C)[C@H](C=O)O[Si](C)(C)C(C)(C)C. The summed E-state index contributed by atoms with van der Waals surface area (Å²) in [5.41, 5.74) is -0.364. The first-order valence-corrected chi connectivity index (χ1v) is 8.31. The summed E-state index contributed by atoms with van der Waals surface area (Å²) in [4.78, 5) is 11.0. The van der Waals surface area contributed by atoms with Crippen LogP contribution in [0.1, 0.15) is 34.6 Å². The molecular weight excluding hydrogens is 204 g/mol. The van der Waals surface area contributed by atoms with Gasteiger partial charge < -0.3 is 9.22 Å². The first-order valence-electron chi connectivity index (χ1n) is 5.40. The Balaban J connectivity index is 4.78. The van der Waals surface area contributed by atoms with Crippen molar-refractivity contribution in [1.82, 2.24) is 0 Å². The molecule has 0 fully saturated rings. The van der Waals surface area contributed by atoms with Crippen LogP contribution in [0.4, 0.5) is 0 Å². The predicted molar refractivity (Wildman–Crippen MR) is 67.3 cm³/mol. The monoisotopic (exact) mass is 229 g/mol. The van der Waals surface area contributed by atoms with Crippen molar-refractivity contribution in [3.8, 4) is 0 Å². The van der Waals surface area contributed by atoms with Crippen LogP contribution in [-0.2, 0) is 9.22 Å². The van der Waals surface area contributed by atoms with Crippen LogP contribution in [0.15, 0.2) is 0 Å². The van der Waals surface area contributed by atoms with Crippen LogP contribution in [-0.4, -0.2) is 20.7 Å². The van der Waals surface area contributed by atoms with Gasteiger partial charge in [0, 0.05) is 0 Å². The van der Waals surface area contributed by atoms with E-state index in [4.69, 9.17) is 4.43 Å². The van der Waals surface area contributed by atoms with Gasteiger partial charge in [-0.15, -0.1) is 0 Å². The molecule has 0 aliphatic carbocycles. The van der Waals surface area contributed by atoms with Crippen molar-refractivity contribution in [2.24, 2.45) is 5.41 Å². The summed E-state index contributed by atoms with van der Waals surface area (Å²) in [6, 6.07) is 0. The van der Waals surface area contributed by atoms with Crippen molar-refractivity contribution in [3.05, 3.63) is 6.92 Å². The maximum atomic E-state index is 11.0. The van der Waals surface area contributed by atoms with Crippen LogP contribution in [0, 0.1) is 12.3 Å². The van der Waals surface area contributed by atoms with E-state index in [-0.39, 0.29) is 10.5 Å². The summed E-state index contributed by atoms with van der Waals surface area (Å²) < 4.78 is 6.02. The number of aldehydes is 1. The molecule has 0 aromatic rings. The van der Waals surface area contributed by atoms with Crippen molar-refractivity contribution >= 4 is 14.6 Å². The van der Waals surface area contributed by atoms with Crippen LogP contribution in [0.3, 0.4) is 0 Å². The quantitative estimate of drug-likeness (QED) is 0.545. The van der Waals surface area contributed by atoms with E-state index < -0.39 is 14.4 Å². The van der Waals surface area contributed by atoms with E-state index in [0.29, 0.717) is 0 Å². The molecule has 0 saturated heterocycles. The maximum Gasteiger partial charge on any atom is 0.193 e. The predicted octanol–water partition coefficient (Wildman–Crippen LogP) is 3.44. The Morgan fingerprint density at radius 3 is 1.80 bits per heavy atom. The number of carbonyl (C=O) groups excluding carboxylic acids is 1. The highest BCUT2D eigenvalue weighted by Gasteiger charge is 2.41. The lowest BCUT2D eigenvalue weighted by atomic mass is 9.90. The Bertz CT molecular complexity index is 221. The van der Waals surface area contributed by atoms with Crippen LogP contribution in [0.5, 0.6) is 0 Å².